The van der Waals surface area contributed by atoms with Crippen molar-refractivity contribution in [1.29, 1.82) is 0 Å². The highest BCUT2D eigenvalue weighted by Crippen LogP contribution is 2.26. The molecule has 0 amide bonds. The summed E-state index contributed by atoms with van der Waals surface area (Å²) >= 11 is 0. The lowest BCUT2D eigenvalue weighted by Gasteiger charge is -2.25. The third-order valence-corrected chi connectivity index (χ3v) is 3.85. The van der Waals surface area contributed by atoms with Crippen molar-refractivity contribution in [1.82, 2.24) is 4.90 Å². The molecule has 1 aromatic carbocycles. The number of nitrogen functional groups attached to an aromatic ring is 1. The van der Waals surface area contributed by atoms with Gasteiger partial charge in [0.15, 0.2) is 0 Å². The fourth-order valence-electron chi connectivity index (χ4n) is 2.59. The SMILES string of the molecule is COC(=O)c1cccc(N(C)CCN2CCCC2)c1N. The summed E-state index contributed by atoms with van der Waals surface area (Å²) in [6, 6.07) is 5.47. The lowest BCUT2D eigenvalue weighted by molar-refractivity contribution is 0.0602. The Balaban J connectivity index is 2.05. The van der Waals surface area contributed by atoms with Crippen molar-refractivity contribution >= 4 is 17.3 Å². The van der Waals surface area contributed by atoms with Crippen LogP contribution in [0, 0.1) is 0 Å². The van der Waals surface area contributed by atoms with Gasteiger partial charge < -0.3 is 20.3 Å². The fourth-order valence-corrected chi connectivity index (χ4v) is 2.59. The van der Waals surface area contributed by atoms with Gasteiger partial charge in [-0.2, -0.15) is 0 Å². The first-order valence-corrected chi connectivity index (χ1v) is 7.03. The second kappa shape index (κ2) is 6.61. The zero-order chi connectivity index (χ0) is 14.5. The number of likely N-dealkylation sites (N-methyl/N-ethyl adjacent to an activating group) is 1. The van der Waals surface area contributed by atoms with Gasteiger partial charge in [0.05, 0.1) is 24.0 Å². The van der Waals surface area contributed by atoms with Gasteiger partial charge in [0, 0.05) is 20.1 Å². The number of esters is 1. The molecule has 0 radical (unpaired) electrons. The molecule has 1 fully saturated rings. The van der Waals surface area contributed by atoms with Gasteiger partial charge in [-0.15, -0.1) is 0 Å². The van der Waals surface area contributed by atoms with Gasteiger partial charge in [0.25, 0.3) is 0 Å². The van der Waals surface area contributed by atoms with Crippen LogP contribution in [0.4, 0.5) is 11.4 Å². The Morgan fingerprint density at radius 3 is 2.75 bits per heavy atom. The maximum atomic E-state index is 11.6. The second-order valence-corrected chi connectivity index (χ2v) is 5.20. The van der Waals surface area contributed by atoms with E-state index in [9.17, 15) is 4.79 Å². The molecule has 5 heteroatoms. The van der Waals surface area contributed by atoms with E-state index < -0.39 is 5.97 Å². The van der Waals surface area contributed by atoms with E-state index in [0.717, 1.165) is 18.8 Å². The van der Waals surface area contributed by atoms with Crippen LogP contribution < -0.4 is 10.6 Å². The molecule has 1 heterocycles. The molecule has 0 unspecified atom stereocenters. The number of methoxy groups -OCH3 is 1. The van der Waals surface area contributed by atoms with Gasteiger partial charge in [-0.3, -0.25) is 0 Å². The van der Waals surface area contributed by atoms with E-state index >= 15 is 0 Å². The first-order chi connectivity index (χ1) is 9.63. The number of anilines is 2. The Labute approximate surface area is 120 Å². The van der Waals surface area contributed by atoms with Gasteiger partial charge in [-0.1, -0.05) is 6.07 Å². The lowest BCUT2D eigenvalue weighted by atomic mass is 10.1. The van der Waals surface area contributed by atoms with Crippen molar-refractivity contribution in [2.45, 2.75) is 12.8 Å². The Hall–Kier alpha value is -1.75. The van der Waals surface area contributed by atoms with Crippen molar-refractivity contribution in [2.75, 3.05) is 51.0 Å². The summed E-state index contributed by atoms with van der Waals surface area (Å²) in [6.07, 6.45) is 2.59. The number of ether oxygens (including phenoxy) is 1. The Bertz CT molecular complexity index is 470. The number of hydrogen-bond donors (Lipinski definition) is 1. The van der Waals surface area contributed by atoms with Gasteiger partial charge in [0.1, 0.15) is 0 Å². The summed E-state index contributed by atoms with van der Waals surface area (Å²) in [5, 5.41) is 0. The van der Waals surface area contributed by atoms with E-state index in [1.54, 1.807) is 6.07 Å². The van der Waals surface area contributed by atoms with Crippen LogP contribution in [0.5, 0.6) is 0 Å². The molecule has 1 aliphatic rings. The summed E-state index contributed by atoms with van der Waals surface area (Å²) in [5.74, 6) is -0.391. The largest absolute Gasteiger partial charge is 0.465 e. The van der Waals surface area contributed by atoms with Gasteiger partial charge in [-0.25, -0.2) is 4.79 Å². The minimum absolute atomic E-state index is 0.391. The smallest absolute Gasteiger partial charge is 0.340 e. The third-order valence-electron chi connectivity index (χ3n) is 3.85. The van der Waals surface area contributed by atoms with E-state index in [-0.39, 0.29) is 0 Å². The molecule has 5 nitrogen and oxygen atoms in total. The highest BCUT2D eigenvalue weighted by molar-refractivity contribution is 5.98. The number of rotatable bonds is 5. The van der Waals surface area contributed by atoms with Crippen LogP contribution in [0.3, 0.4) is 0 Å². The summed E-state index contributed by atoms with van der Waals surface area (Å²) in [6.45, 7) is 4.30. The first-order valence-electron chi connectivity index (χ1n) is 7.03. The number of nitrogens with zero attached hydrogens (tertiary/aromatic N) is 2. The van der Waals surface area contributed by atoms with Gasteiger partial charge in [0.2, 0.25) is 0 Å². The van der Waals surface area contributed by atoms with Crippen LogP contribution >= 0.6 is 0 Å². The molecule has 20 heavy (non-hydrogen) atoms. The molecule has 0 spiro atoms. The van der Waals surface area contributed by atoms with E-state index in [0.29, 0.717) is 11.3 Å². The fraction of sp³-hybridized carbons (Fsp3) is 0.533. The number of para-hydroxylation sites is 1. The molecule has 1 saturated heterocycles. The Kier molecular flexibility index (Phi) is 4.84. The molecule has 1 aliphatic heterocycles. The molecule has 0 aliphatic carbocycles. The predicted molar refractivity (Wildman–Crippen MR) is 81.1 cm³/mol. The van der Waals surface area contributed by atoms with Crippen LogP contribution in [0.15, 0.2) is 18.2 Å². The number of carbonyl (C=O) groups excluding carboxylic acids is 1. The van der Waals surface area contributed by atoms with E-state index in [4.69, 9.17) is 10.5 Å². The standard InChI is InChI=1S/C15H23N3O2/c1-17(10-11-18-8-3-4-9-18)13-7-5-6-12(14(13)16)15(19)20-2/h5-7H,3-4,8-11,16H2,1-2H3. The average Bonchev–Trinajstić information content (AvgIpc) is 2.97. The maximum absolute atomic E-state index is 11.6. The summed E-state index contributed by atoms with van der Waals surface area (Å²) in [5.41, 5.74) is 7.89. The molecule has 1 aromatic rings. The summed E-state index contributed by atoms with van der Waals surface area (Å²) in [4.78, 5) is 16.2. The summed E-state index contributed by atoms with van der Waals surface area (Å²) in [7, 11) is 3.37. The number of benzene rings is 1. The predicted octanol–water partition coefficient (Wildman–Crippen LogP) is 1.59. The highest BCUT2D eigenvalue weighted by atomic mass is 16.5. The van der Waals surface area contributed by atoms with E-state index in [2.05, 4.69) is 9.80 Å². The van der Waals surface area contributed by atoms with Crippen LogP contribution in [0.25, 0.3) is 0 Å². The van der Waals surface area contributed by atoms with Crippen molar-refractivity contribution < 1.29 is 9.53 Å². The van der Waals surface area contributed by atoms with Crippen LogP contribution in [0.2, 0.25) is 0 Å². The molecule has 110 valence electrons. The minimum Gasteiger partial charge on any atom is -0.465 e. The van der Waals surface area contributed by atoms with E-state index in [1.165, 1.54) is 33.0 Å². The lowest BCUT2D eigenvalue weighted by Crippen LogP contribution is -2.31. The Morgan fingerprint density at radius 2 is 2.10 bits per heavy atom. The van der Waals surface area contributed by atoms with E-state index in [1.807, 2.05) is 19.2 Å². The molecular weight excluding hydrogens is 254 g/mol. The normalized spacial score (nSPS) is 15.3. The quantitative estimate of drug-likeness (QED) is 0.654. The molecule has 2 rings (SSSR count). The molecule has 0 atom stereocenters. The minimum atomic E-state index is -0.391. The zero-order valence-corrected chi connectivity index (χ0v) is 12.3. The Morgan fingerprint density at radius 1 is 1.40 bits per heavy atom. The second-order valence-electron chi connectivity index (χ2n) is 5.20. The van der Waals surface area contributed by atoms with Crippen LogP contribution in [0.1, 0.15) is 23.2 Å². The van der Waals surface area contributed by atoms with Crippen molar-refractivity contribution in [2.24, 2.45) is 0 Å². The van der Waals surface area contributed by atoms with Crippen molar-refractivity contribution in [3.8, 4) is 0 Å². The molecule has 0 saturated carbocycles. The van der Waals surface area contributed by atoms with Crippen molar-refractivity contribution in [3.63, 3.8) is 0 Å². The average molecular weight is 277 g/mol. The number of carbonyl (C=O) groups is 1. The van der Waals surface area contributed by atoms with Gasteiger partial charge in [-0.05, 0) is 38.1 Å². The summed E-state index contributed by atoms with van der Waals surface area (Å²) < 4.78 is 4.75. The molecular formula is C15H23N3O2. The monoisotopic (exact) mass is 277 g/mol. The van der Waals surface area contributed by atoms with Crippen LogP contribution in [-0.2, 0) is 4.74 Å². The molecule has 2 N–H and O–H groups in total. The number of hydrogen-bond acceptors (Lipinski definition) is 5. The first kappa shape index (κ1) is 14.7. The van der Waals surface area contributed by atoms with Crippen LogP contribution in [-0.4, -0.2) is 51.2 Å². The molecule has 0 bridgehead atoms. The molecule has 0 aromatic heterocycles. The maximum Gasteiger partial charge on any atom is 0.340 e. The van der Waals surface area contributed by atoms with Crippen molar-refractivity contribution in [3.05, 3.63) is 23.8 Å². The number of likely N-dealkylation sites (tertiary alicyclic amines) is 1. The zero-order valence-electron chi connectivity index (χ0n) is 12.3. The highest BCUT2D eigenvalue weighted by Gasteiger charge is 2.16. The third kappa shape index (κ3) is 3.22. The topological polar surface area (TPSA) is 58.8 Å². The van der Waals surface area contributed by atoms with Gasteiger partial charge >= 0.3 is 5.97 Å². The number of nitrogens with two attached hydrogens (primary N) is 1.